The van der Waals surface area contributed by atoms with Crippen molar-refractivity contribution < 1.29 is 4.79 Å². The lowest BCUT2D eigenvalue weighted by atomic mass is 9.96. The second-order valence-corrected chi connectivity index (χ2v) is 5.44. The van der Waals surface area contributed by atoms with Gasteiger partial charge in [0.25, 0.3) is 0 Å². The maximum Gasteiger partial charge on any atom is 0.193 e. The van der Waals surface area contributed by atoms with E-state index in [-0.39, 0.29) is 5.78 Å². The molecule has 1 nitrogen and oxygen atoms in total. The Labute approximate surface area is 122 Å². The maximum atomic E-state index is 12.4. The molecule has 0 saturated heterocycles. The van der Waals surface area contributed by atoms with Crippen molar-refractivity contribution >= 4 is 21.7 Å². The van der Waals surface area contributed by atoms with E-state index in [1.807, 2.05) is 36.4 Å². The first-order valence-corrected chi connectivity index (χ1v) is 7.37. The lowest BCUT2D eigenvalue weighted by Gasteiger charge is -2.08. The van der Waals surface area contributed by atoms with Crippen LogP contribution in [0.3, 0.4) is 0 Å². The zero-order chi connectivity index (χ0) is 13.8. The van der Waals surface area contributed by atoms with E-state index in [4.69, 9.17) is 0 Å². The van der Waals surface area contributed by atoms with Crippen LogP contribution in [0.2, 0.25) is 0 Å². The van der Waals surface area contributed by atoms with Crippen LogP contribution in [0.5, 0.6) is 0 Å². The lowest BCUT2D eigenvalue weighted by Crippen LogP contribution is -2.03. The lowest BCUT2D eigenvalue weighted by molar-refractivity contribution is 0.103. The fraction of sp³-hybridized carbons (Fsp3) is 0.235. The standard InChI is InChI=1S/C17H17BrO/c1-3-12-5-6-15(11-13(12)4-2)17(19)14-7-9-16(18)10-8-14/h5-11H,3-4H2,1-2H3. The molecule has 0 amide bonds. The highest BCUT2D eigenvalue weighted by molar-refractivity contribution is 9.10. The Morgan fingerprint density at radius 2 is 1.47 bits per heavy atom. The molecule has 2 aromatic carbocycles. The molecule has 0 heterocycles. The van der Waals surface area contributed by atoms with Crippen LogP contribution >= 0.6 is 15.9 Å². The highest BCUT2D eigenvalue weighted by Gasteiger charge is 2.10. The number of carbonyl (C=O) groups excluding carboxylic acids is 1. The minimum atomic E-state index is 0.0878. The molecule has 2 aromatic rings. The van der Waals surface area contributed by atoms with Gasteiger partial charge in [-0.25, -0.2) is 0 Å². The Morgan fingerprint density at radius 1 is 0.895 bits per heavy atom. The normalized spacial score (nSPS) is 10.5. The smallest absolute Gasteiger partial charge is 0.193 e. The largest absolute Gasteiger partial charge is 0.289 e. The number of aryl methyl sites for hydroxylation is 2. The molecule has 0 aliphatic rings. The molecular weight excluding hydrogens is 300 g/mol. The Hall–Kier alpha value is -1.41. The molecular formula is C17H17BrO. The van der Waals surface area contributed by atoms with Crippen LogP contribution in [0.15, 0.2) is 46.9 Å². The fourth-order valence-electron chi connectivity index (χ4n) is 2.21. The highest BCUT2D eigenvalue weighted by Crippen LogP contribution is 2.18. The van der Waals surface area contributed by atoms with Gasteiger partial charge in [0.05, 0.1) is 0 Å². The summed E-state index contributed by atoms with van der Waals surface area (Å²) in [7, 11) is 0. The Balaban J connectivity index is 2.36. The third kappa shape index (κ3) is 3.13. The van der Waals surface area contributed by atoms with E-state index in [1.165, 1.54) is 11.1 Å². The van der Waals surface area contributed by atoms with E-state index in [2.05, 4.69) is 35.8 Å². The van der Waals surface area contributed by atoms with Crippen molar-refractivity contribution in [1.29, 1.82) is 0 Å². The molecule has 0 aromatic heterocycles. The van der Waals surface area contributed by atoms with E-state index in [9.17, 15) is 4.79 Å². The van der Waals surface area contributed by atoms with E-state index >= 15 is 0 Å². The van der Waals surface area contributed by atoms with Crippen molar-refractivity contribution in [2.45, 2.75) is 26.7 Å². The van der Waals surface area contributed by atoms with Gasteiger partial charge < -0.3 is 0 Å². The molecule has 0 bridgehead atoms. The van der Waals surface area contributed by atoms with Gasteiger partial charge in [-0.3, -0.25) is 4.79 Å². The molecule has 19 heavy (non-hydrogen) atoms. The molecule has 0 fully saturated rings. The number of hydrogen-bond acceptors (Lipinski definition) is 1. The molecule has 0 saturated carbocycles. The predicted molar refractivity (Wildman–Crippen MR) is 82.8 cm³/mol. The van der Waals surface area contributed by atoms with Crippen LogP contribution in [-0.2, 0) is 12.8 Å². The summed E-state index contributed by atoms with van der Waals surface area (Å²) in [6.45, 7) is 4.27. The van der Waals surface area contributed by atoms with Crippen molar-refractivity contribution in [2.75, 3.05) is 0 Å². The summed E-state index contributed by atoms with van der Waals surface area (Å²) in [4.78, 5) is 12.4. The van der Waals surface area contributed by atoms with Crippen LogP contribution in [0, 0.1) is 0 Å². The molecule has 0 atom stereocenters. The SMILES string of the molecule is CCc1ccc(C(=O)c2ccc(Br)cc2)cc1CC. The van der Waals surface area contributed by atoms with Gasteiger partial charge in [0.1, 0.15) is 0 Å². The Bertz CT molecular complexity index is 585. The fourth-order valence-corrected chi connectivity index (χ4v) is 2.47. The second kappa shape index (κ2) is 6.16. The minimum absolute atomic E-state index is 0.0878. The van der Waals surface area contributed by atoms with Gasteiger partial charge in [-0.1, -0.05) is 41.9 Å². The quantitative estimate of drug-likeness (QED) is 0.740. The van der Waals surface area contributed by atoms with E-state index < -0.39 is 0 Å². The summed E-state index contributed by atoms with van der Waals surface area (Å²) in [5.74, 6) is 0.0878. The first-order valence-electron chi connectivity index (χ1n) is 6.57. The van der Waals surface area contributed by atoms with Crippen molar-refractivity contribution in [3.05, 3.63) is 69.2 Å². The summed E-state index contributed by atoms with van der Waals surface area (Å²) in [5.41, 5.74) is 4.10. The molecule has 98 valence electrons. The van der Waals surface area contributed by atoms with Crippen LogP contribution in [0.25, 0.3) is 0 Å². The third-order valence-corrected chi connectivity index (χ3v) is 3.87. The zero-order valence-electron chi connectivity index (χ0n) is 11.2. The van der Waals surface area contributed by atoms with Crippen molar-refractivity contribution in [1.82, 2.24) is 0 Å². The summed E-state index contributed by atoms with van der Waals surface area (Å²) in [5, 5.41) is 0. The predicted octanol–water partition coefficient (Wildman–Crippen LogP) is 4.80. The first kappa shape index (κ1) is 14.0. The summed E-state index contributed by atoms with van der Waals surface area (Å²) in [6, 6.07) is 13.5. The van der Waals surface area contributed by atoms with Gasteiger partial charge in [-0.15, -0.1) is 0 Å². The van der Waals surface area contributed by atoms with Crippen LogP contribution in [0.1, 0.15) is 40.9 Å². The van der Waals surface area contributed by atoms with Gasteiger partial charge >= 0.3 is 0 Å². The van der Waals surface area contributed by atoms with Crippen molar-refractivity contribution in [3.63, 3.8) is 0 Å². The molecule has 0 unspecified atom stereocenters. The van der Waals surface area contributed by atoms with Gasteiger partial charge in [0.2, 0.25) is 0 Å². The number of carbonyl (C=O) groups is 1. The highest BCUT2D eigenvalue weighted by atomic mass is 79.9. The van der Waals surface area contributed by atoms with E-state index in [0.717, 1.165) is 28.4 Å². The summed E-state index contributed by atoms with van der Waals surface area (Å²) >= 11 is 3.38. The summed E-state index contributed by atoms with van der Waals surface area (Å²) < 4.78 is 0.986. The average Bonchev–Trinajstić information content (AvgIpc) is 2.46. The minimum Gasteiger partial charge on any atom is -0.289 e. The zero-order valence-corrected chi connectivity index (χ0v) is 12.8. The van der Waals surface area contributed by atoms with E-state index in [0.29, 0.717) is 0 Å². The topological polar surface area (TPSA) is 17.1 Å². The Morgan fingerprint density at radius 3 is 2.05 bits per heavy atom. The number of hydrogen-bond donors (Lipinski definition) is 0. The van der Waals surface area contributed by atoms with Crippen molar-refractivity contribution in [3.8, 4) is 0 Å². The molecule has 0 aliphatic carbocycles. The number of benzene rings is 2. The maximum absolute atomic E-state index is 12.4. The van der Waals surface area contributed by atoms with E-state index in [1.54, 1.807) is 0 Å². The molecule has 0 radical (unpaired) electrons. The van der Waals surface area contributed by atoms with Gasteiger partial charge in [-0.05, 0) is 54.3 Å². The third-order valence-electron chi connectivity index (χ3n) is 3.34. The Kier molecular flexibility index (Phi) is 4.54. The molecule has 0 N–H and O–H groups in total. The van der Waals surface area contributed by atoms with Gasteiger partial charge in [0.15, 0.2) is 5.78 Å². The van der Waals surface area contributed by atoms with Gasteiger partial charge in [0, 0.05) is 15.6 Å². The van der Waals surface area contributed by atoms with Crippen LogP contribution in [0.4, 0.5) is 0 Å². The molecule has 0 spiro atoms. The first-order chi connectivity index (χ1) is 9.15. The number of ketones is 1. The van der Waals surface area contributed by atoms with Crippen molar-refractivity contribution in [2.24, 2.45) is 0 Å². The van der Waals surface area contributed by atoms with Crippen LogP contribution in [-0.4, -0.2) is 5.78 Å². The second-order valence-electron chi connectivity index (χ2n) is 4.53. The summed E-state index contributed by atoms with van der Waals surface area (Å²) in [6.07, 6.45) is 1.97. The number of halogens is 1. The molecule has 0 aliphatic heterocycles. The molecule has 2 rings (SSSR count). The van der Waals surface area contributed by atoms with Crippen LogP contribution < -0.4 is 0 Å². The average molecular weight is 317 g/mol. The monoisotopic (exact) mass is 316 g/mol. The molecule has 2 heteroatoms. The number of rotatable bonds is 4. The van der Waals surface area contributed by atoms with Gasteiger partial charge in [-0.2, -0.15) is 0 Å².